The quantitative estimate of drug-likeness (QED) is 0.854. The predicted molar refractivity (Wildman–Crippen MR) is 74.9 cm³/mol. The molecule has 1 aromatic heterocycles. The molecule has 0 fully saturated rings. The molecule has 0 saturated heterocycles. The van der Waals surface area contributed by atoms with Gasteiger partial charge in [-0.2, -0.15) is 5.10 Å². The van der Waals surface area contributed by atoms with Gasteiger partial charge in [0.1, 0.15) is 11.5 Å². The van der Waals surface area contributed by atoms with Crippen molar-refractivity contribution in [3.63, 3.8) is 0 Å². The van der Waals surface area contributed by atoms with Crippen LogP contribution in [-0.2, 0) is 7.05 Å². The maximum atomic E-state index is 13.1. The van der Waals surface area contributed by atoms with E-state index in [4.69, 9.17) is 10.5 Å². The van der Waals surface area contributed by atoms with Crippen molar-refractivity contribution >= 4 is 22.6 Å². The maximum Gasteiger partial charge on any atom is 0.161 e. The predicted octanol–water partition coefficient (Wildman–Crippen LogP) is 2.22. The molecule has 2 N–H and O–H groups in total. The lowest BCUT2D eigenvalue weighted by Crippen LogP contribution is -2.18. The molecule has 1 atom stereocenters. The SMILES string of the molecule is COc1cnn(C)c1C(N)c1ccc(F)cc1I. The number of hydrogen-bond acceptors (Lipinski definition) is 3. The minimum atomic E-state index is -0.403. The molecule has 96 valence electrons. The van der Waals surface area contributed by atoms with E-state index < -0.39 is 6.04 Å². The number of nitrogens with two attached hydrogens (primary N) is 1. The monoisotopic (exact) mass is 361 g/mol. The number of rotatable bonds is 3. The number of halogens is 2. The molecule has 1 unspecified atom stereocenters. The zero-order valence-electron chi connectivity index (χ0n) is 10.0. The Labute approximate surface area is 118 Å². The van der Waals surface area contributed by atoms with Gasteiger partial charge in [0, 0.05) is 10.6 Å². The minimum Gasteiger partial charge on any atom is -0.493 e. The number of benzene rings is 1. The van der Waals surface area contributed by atoms with Gasteiger partial charge in [-0.25, -0.2) is 4.39 Å². The highest BCUT2D eigenvalue weighted by Gasteiger charge is 2.20. The third-order valence-electron chi connectivity index (χ3n) is 2.76. The lowest BCUT2D eigenvalue weighted by atomic mass is 10.0. The summed E-state index contributed by atoms with van der Waals surface area (Å²) in [6.45, 7) is 0. The van der Waals surface area contributed by atoms with Crippen LogP contribution < -0.4 is 10.5 Å². The van der Waals surface area contributed by atoms with Crippen molar-refractivity contribution in [1.29, 1.82) is 0 Å². The Morgan fingerprint density at radius 3 is 2.83 bits per heavy atom. The van der Waals surface area contributed by atoms with Crippen LogP contribution in [0.5, 0.6) is 5.75 Å². The van der Waals surface area contributed by atoms with E-state index in [0.29, 0.717) is 5.75 Å². The van der Waals surface area contributed by atoms with E-state index in [9.17, 15) is 4.39 Å². The summed E-state index contributed by atoms with van der Waals surface area (Å²) in [5.74, 6) is 0.359. The first-order valence-electron chi connectivity index (χ1n) is 5.31. The van der Waals surface area contributed by atoms with Gasteiger partial charge >= 0.3 is 0 Å². The summed E-state index contributed by atoms with van der Waals surface area (Å²) in [7, 11) is 3.37. The van der Waals surface area contributed by atoms with Gasteiger partial charge in [0.25, 0.3) is 0 Å². The molecular weight excluding hydrogens is 348 g/mol. The zero-order chi connectivity index (χ0) is 13.3. The Morgan fingerprint density at radius 2 is 2.22 bits per heavy atom. The number of aryl methyl sites for hydroxylation is 1. The maximum absolute atomic E-state index is 13.1. The Kier molecular flexibility index (Phi) is 3.86. The lowest BCUT2D eigenvalue weighted by molar-refractivity contribution is 0.406. The topological polar surface area (TPSA) is 53.1 Å². The molecule has 0 aliphatic heterocycles. The van der Waals surface area contributed by atoms with Gasteiger partial charge in [0.15, 0.2) is 5.75 Å². The number of nitrogens with zero attached hydrogens (tertiary/aromatic N) is 2. The highest BCUT2D eigenvalue weighted by Crippen LogP contribution is 2.30. The fourth-order valence-electron chi connectivity index (χ4n) is 1.84. The third-order valence-corrected chi connectivity index (χ3v) is 3.70. The summed E-state index contributed by atoms with van der Waals surface area (Å²) in [6, 6.07) is 4.15. The normalized spacial score (nSPS) is 12.5. The van der Waals surface area contributed by atoms with E-state index >= 15 is 0 Å². The molecule has 1 aromatic carbocycles. The minimum absolute atomic E-state index is 0.271. The fraction of sp³-hybridized carbons (Fsp3) is 0.250. The van der Waals surface area contributed by atoms with E-state index in [0.717, 1.165) is 14.8 Å². The zero-order valence-corrected chi connectivity index (χ0v) is 12.2. The van der Waals surface area contributed by atoms with Gasteiger partial charge in [0.2, 0.25) is 0 Å². The summed E-state index contributed by atoms with van der Waals surface area (Å²) in [5, 5.41) is 4.12. The molecule has 0 amide bonds. The van der Waals surface area contributed by atoms with Crippen LogP contribution in [0.15, 0.2) is 24.4 Å². The van der Waals surface area contributed by atoms with Crippen LogP contribution in [0.25, 0.3) is 0 Å². The molecule has 18 heavy (non-hydrogen) atoms. The smallest absolute Gasteiger partial charge is 0.161 e. The molecule has 0 aliphatic rings. The van der Waals surface area contributed by atoms with Gasteiger partial charge in [-0.3, -0.25) is 4.68 Å². The van der Waals surface area contributed by atoms with E-state index in [1.54, 1.807) is 31.1 Å². The van der Waals surface area contributed by atoms with Crippen molar-refractivity contribution in [3.05, 3.63) is 45.0 Å². The molecule has 1 heterocycles. The lowest BCUT2D eigenvalue weighted by Gasteiger charge is -2.16. The second-order valence-corrected chi connectivity index (χ2v) is 5.03. The highest BCUT2D eigenvalue weighted by molar-refractivity contribution is 14.1. The van der Waals surface area contributed by atoms with Crippen molar-refractivity contribution in [3.8, 4) is 5.75 Å². The Bertz CT molecular complexity index is 570. The Balaban J connectivity index is 2.47. The van der Waals surface area contributed by atoms with Crippen LogP contribution in [-0.4, -0.2) is 16.9 Å². The van der Waals surface area contributed by atoms with Crippen molar-refractivity contribution in [2.45, 2.75) is 6.04 Å². The Morgan fingerprint density at radius 1 is 1.50 bits per heavy atom. The molecule has 2 rings (SSSR count). The van der Waals surface area contributed by atoms with Crippen LogP contribution in [0.2, 0.25) is 0 Å². The molecule has 0 aliphatic carbocycles. The van der Waals surface area contributed by atoms with Crippen LogP contribution >= 0.6 is 22.6 Å². The number of hydrogen-bond donors (Lipinski definition) is 1. The van der Waals surface area contributed by atoms with E-state index in [1.807, 2.05) is 0 Å². The first kappa shape index (κ1) is 13.3. The van der Waals surface area contributed by atoms with E-state index in [2.05, 4.69) is 27.7 Å². The summed E-state index contributed by atoms with van der Waals surface area (Å²) in [5.41, 5.74) is 7.83. The van der Waals surface area contributed by atoms with Crippen molar-refractivity contribution in [1.82, 2.24) is 9.78 Å². The molecule has 0 spiro atoms. The van der Waals surface area contributed by atoms with E-state index in [1.165, 1.54) is 12.1 Å². The molecular formula is C12H13FIN3O. The fourth-order valence-corrected chi connectivity index (χ4v) is 2.65. The van der Waals surface area contributed by atoms with Gasteiger partial charge in [0.05, 0.1) is 19.3 Å². The van der Waals surface area contributed by atoms with Gasteiger partial charge in [-0.05, 0) is 40.3 Å². The average molecular weight is 361 g/mol. The van der Waals surface area contributed by atoms with E-state index in [-0.39, 0.29) is 5.82 Å². The van der Waals surface area contributed by atoms with Crippen molar-refractivity contribution in [2.24, 2.45) is 12.8 Å². The van der Waals surface area contributed by atoms with Gasteiger partial charge in [-0.1, -0.05) is 6.07 Å². The first-order chi connectivity index (χ1) is 8.54. The van der Waals surface area contributed by atoms with Crippen molar-refractivity contribution in [2.75, 3.05) is 7.11 Å². The average Bonchev–Trinajstić information content (AvgIpc) is 2.69. The van der Waals surface area contributed by atoms with Gasteiger partial charge in [-0.15, -0.1) is 0 Å². The summed E-state index contributed by atoms with van der Waals surface area (Å²) in [6.07, 6.45) is 1.62. The summed E-state index contributed by atoms with van der Waals surface area (Å²) < 4.78 is 20.8. The number of ether oxygens (including phenoxy) is 1. The standard InChI is InChI=1S/C12H13FIN3O/c1-17-12(10(18-2)6-16-17)11(15)8-4-3-7(13)5-9(8)14/h3-6,11H,15H2,1-2H3. The molecule has 0 radical (unpaired) electrons. The molecule has 0 saturated carbocycles. The summed E-state index contributed by atoms with van der Waals surface area (Å²) in [4.78, 5) is 0. The number of aromatic nitrogens is 2. The first-order valence-corrected chi connectivity index (χ1v) is 6.39. The van der Waals surface area contributed by atoms with Crippen LogP contribution in [0.4, 0.5) is 4.39 Å². The van der Waals surface area contributed by atoms with Crippen LogP contribution in [0.1, 0.15) is 17.3 Å². The van der Waals surface area contributed by atoms with Gasteiger partial charge < -0.3 is 10.5 Å². The number of methoxy groups -OCH3 is 1. The molecule has 0 bridgehead atoms. The molecule has 2 aromatic rings. The third kappa shape index (κ3) is 2.35. The second kappa shape index (κ2) is 5.23. The Hall–Kier alpha value is -1.15. The van der Waals surface area contributed by atoms with Crippen LogP contribution in [0, 0.1) is 9.39 Å². The van der Waals surface area contributed by atoms with Crippen molar-refractivity contribution < 1.29 is 9.13 Å². The molecule has 4 nitrogen and oxygen atoms in total. The van der Waals surface area contributed by atoms with Crippen LogP contribution in [0.3, 0.4) is 0 Å². The summed E-state index contributed by atoms with van der Waals surface area (Å²) >= 11 is 2.07. The highest BCUT2D eigenvalue weighted by atomic mass is 127. The largest absolute Gasteiger partial charge is 0.493 e. The second-order valence-electron chi connectivity index (χ2n) is 3.87. The molecule has 6 heteroatoms.